The third-order valence-electron chi connectivity index (χ3n) is 5.23. The van der Waals surface area contributed by atoms with Gasteiger partial charge >= 0.3 is 0 Å². The van der Waals surface area contributed by atoms with Crippen LogP contribution < -0.4 is 0 Å². The van der Waals surface area contributed by atoms with Gasteiger partial charge in [-0.25, -0.2) is 0 Å². The number of fused-ring (bicyclic) bond motifs is 1. The monoisotopic (exact) mass is 629 g/mol. The Balaban J connectivity index is 0.000000189. The zero-order valence-electron chi connectivity index (χ0n) is 18.7. The van der Waals surface area contributed by atoms with E-state index in [2.05, 4.69) is 62.4 Å². The van der Waals surface area contributed by atoms with Crippen LogP contribution in [0.15, 0.2) is 122 Å². The summed E-state index contributed by atoms with van der Waals surface area (Å²) in [5.74, 6) is 0. The maximum absolute atomic E-state index is 4.42. The summed E-state index contributed by atoms with van der Waals surface area (Å²) in [5.41, 5.74) is 7.01. The van der Waals surface area contributed by atoms with Crippen molar-refractivity contribution < 1.29 is 20.1 Å². The molecule has 0 atom stereocenters. The fraction of sp³-hybridized carbons (Fsp3) is 0. The molecular formula is C30H20IrN4-2. The molecule has 0 unspecified atom stereocenters. The number of nitrogens with zero attached hydrogens (tertiary/aromatic N) is 4. The molecule has 1 radical (unpaired) electrons. The smallest absolute Gasteiger partial charge is 0.0707 e. The predicted octanol–water partition coefficient (Wildman–Crippen LogP) is 6.71. The Morgan fingerprint density at radius 1 is 0.543 bits per heavy atom. The summed E-state index contributed by atoms with van der Waals surface area (Å²) in [6.45, 7) is 0. The molecule has 6 rings (SSSR count). The van der Waals surface area contributed by atoms with Crippen LogP contribution in [0.25, 0.3) is 44.5 Å². The van der Waals surface area contributed by atoms with Crippen molar-refractivity contribution in [2.75, 3.05) is 0 Å². The quantitative estimate of drug-likeness (QED) is 0.205. The van der Waals surface area contributed by atoms with Crippen molar-refractivity contribution in [3.05, 3.63) is 134 Å². The maximum Gasteiger partial charge on any atom is 0.0707 e. The molecule has 3 aromatic heterocycles. The van der Waals surface area contributed by atoms with Crippen LogP contribution in [-0.4, -0.2) is 19.9 Å². The Morgan fingerprint density at radius 3 is 2.17 bits per heavy atom. The molecular weight excluding hydrogens is 609 g/mol. The number of hydrogen-bond acceptors (Lipinski definition) is 4. The summed E-state index contributed by atoms with van der Waals surface area (Å²) in [4.78, 5) is 17.1. The van der Waals surface area contributed by atoms with Crippen LogP contribution in [0.2, 0.25) is 0 Å². The summed E-state index contributed by atoms with van der Waals surface area (Å²) in [6, 6.07) is 36.4. The van der Waals surface area contributed by atoms with E-state index in [4.69, 9.17) is 0 Å². The minimum Gasteiger partial charge on any atom is -0.305 e. The zero-order chi connectivity index (χ0) is 23.0. The van der Waals surface area contributed by atoms with Gasteiger partial charge in [-0.3, -0.25) is 9.97 Å². The molecule has 0 N–H and O–H groups in total. The van der Waals surface area contributed by atoms with E-state index in [1.54, 1.807) is 24.8 Å². The van der Waals surface area contributed by atoms with Crippen molar-refractivity contribution in [2.45, 2.75) is 0 Å². The fourth-order valence-corrected chi connectivity index (χ4v) is 3.55. The van der Waals surface area contributed by atoms with E-state index in [1.165, 1.54) is 0 Å². The molecule has 0 aliphatic carbocycles. The van der Waals surface area contributed by atoms with Crippen LogP contribution in [0.4, 0.5) is 0 Å². The van der Waals surface area contributed by atoms with E-state index in [-0.39, 0.29) is 20.1 Å². The number of rotatable bonds is 3. The molecule has 4 nitrogen and oxygen atoms in total. The van der Waals surface area contributed by atoms with Crippen molar-refractivity contribution in [3.63, 3.8) is 0 Å². The Bertz CT molecular complexity index is 1450. The second-order valence-corrected chi connectivity index (χ2v) is 7.48. The van der Waals surface area contributed by atoms with Gasteiger partial charge in [0.1, 0.15) is 0 Å². The molecule has 0 aliphatic heterocycles. The molecule has 0 amide bonds. The minimum absolute atomic E-state index is 0. The van der Waals surface area contributed by atoms with Crippen LogP contribution in [0.5, 0.6) is 0 Å². The molecule has 35 heavy (non-hydrogen) atoms. The van der Waals surface area contributed by atoms with Crippen LogP contribution in [0.3, 0.4) is 0 Å². The van der Waals surface area contributed by atoms with Gasteiger partial charge in [-0.05, 0) is 29.5 Å². The molecule has 6 aromatic rings. The van der Waals surface area contributed by atoms with Crippen LogP contribution >= 0.6 is 0 Å². The van der Waals surface area contributed by atoms with Gasteiger partial charge in [0, 0.05) is 62.2 Å². The minimum atomic E-state index is 0. The molecule has 0 saturated carbocycles. The van der Waals surface area contributed by atoms with E-state index in [9.17, 15) is 0 Å². The summed E-state index contributed by atoms with van der Waals surface area (Å²) >= 11 is 0. The van der Waals surface area contributed by atoms with Crippen molar-refractivity contribution in [2.24, 2.45) is 0 Å². The summed E-state index contributed by atoms with van der Waals surface area (Å²) in [6.07, 6.45) is 8.71. The van der Waals surface area contributed by atoms with Crippen LogP contribution in [0.1, 0.15) is 0 Å². The van der Waals surface area contributed by atoms with Crippen molar-refractivity contribution in [3.8, 4) is 33.6 Å². The molecule has 171 valence electrons. The van der Waals surface area contributed by atoms with Gasteiger partial charge in [0.05, 0.1) is 5.52 Å². The first kappa shape index (κ1) is 24.1. The second kappa shape index (κ2) is 11.9. The van der Waals surface area contributed by atoms with Gasteiger partial charge in [-0.2, -0.15) is 0 Å². The van der Waals surface area contributed by atoms with Crippen LogP contribution in [-0.2, 0) is 20.1 Å². The summed E-state index contributed by atoms with van der Waals surface area (Å²) < 4.78 is 0. The SMILES string of the molecule is [Ir].[c-]1ccc(-c2ccc3cccnc3c2)cc1-c1cnccn1.[c-]1ccccc1-c1ccccn1. The van der Waals surface area contributed by atoms with E-state index < -0.39 is 0 Å². The Kier molecular flexibility index (Phi) is 8.18. The van der Waals surface area contributed by atoms with Crippen molar-refractivity contribution >= 4 is 10.9 Å². The van der Waals surface area contributed by atoms with E-state index in [0.29, 0.717) is 0 Å². The van der Waals surface area contributed by atoms with Gasteiger partial charge in [0.15, 0.2) is 0 Å². The molecule has 0 bridgehead atoms. The maximum atomic E-state index is 4.42. The summed E-state index contributed by atoms with van der Waals surface area (Å²) in [7, 11) is 0. The fourth-order valence-electron chi connectivity index (χ4n) is 3.55. The van der Waals surface area contributed by atoms with Gasteiger partial charge in [0.25, 0.3) is 0 Å². The molecule has 0 aliphatic rings. The number of hydrogen-bond donors (Lipinski definition) is 0. The van der Waals surface area contributed by atoms with Gasteiger partial charge in [0.2, 0.25) is 0 Å². The van der Waals surface area contributed by atoms with Gasteiger partial charge in [-0.15, -0.1) is 71.3 Å². The van der Waals surface area contributed by atoms with Gasteiger partial charge in [-0.1, -0.05) is 30.3 Å². The van der Waals surface area contributed by atoms with Crippen molar-refractivity contribution in [1.82, 2.24) is 19.9 Å². The Labute approximate surface area is 218 Å². The topological polar surface area (TPSA) is 51.6 Å². The third kappa shape index (κ3) is 6.10. The first-order valence-corrected chi connectivity index (χ1v) is 10.9. The molecule has 0 saturated heterocycles. The first-order chi connectivity index (χ1) is 16.9. The molecule has 3 aromatic carbocycles. The van der Waals surface area contributed by atoms with E-state index in [1.807, 2.05) is 66.9 Å². The number of aromatic nitrogens is 4. The first-order valence-electron chi connectivity index (χ1n) is 10.9. The molecule has 0 fully saturated rings. The normalized spacial score (nSPS) is 10.1. The van der Waals surface area contributed by atoms with Gasteiger partial charge < -0.3 is 9.97 Å². The Hall–Kier alpha value is -4.05. The molecule has 3 heterocycles. The molecule has 0 spiro atoms. The standard InChI is InChI=1S/C19H12N3.C11H8N.Ir/c1-3-15(11-17(4-1)19-13-20-9-10-22-19)16-7-6-14-5-2-8-21-18(14)12-16;1-2-6-10(7-3-1)11-8-4-5-9-12-11;/h1-3,5-13H;1-6,8-9H;/q2*-1;. The Morgan fingerprint density at radius 2 is 1.37 bits per heavy atom. The number of pyridine rings is 2. The zero-order valence-corrected chi connectivity index (χ0v) is 21.1. The second-order valence-electron chi connectivity index (χ2n) is 7.48. The largest absolute Gasteiger partial charge is 0.305 e. The average Bonchev–Trinajstić information content (AvgIpc) is 2.95. The van der Waals surface area contributed by atoms with E-state index in [0.717, 1.165) is 44.5 Å². The van der Waals surface area contributed by atoms with Crippen LogP contribution in [0, 0.1) is 12.1 Å². The van der Waals surface area contributed by atoms with Crippen molar-refractivity contribution in [1.29, 1.82) is 0 Å². The van der Waals surface area contributed by atoms with E-state index >= 15 is 0 Å². The summed E-state index contributed by atoms with van der Waals surface area (Å²) in [5, 5.41) is 1.14. The number of benzene rings is 3. The molecule has 5 heteroatoms. The average molecular weight is 629 g/mol. The predicted molar refractivity (Wildman–Crippen MR) is 136 cm³/mol. The third-order valence-corrected chi connectivity index (χ3v) is 5.23.